The minimum absolute atomic E-state index is 0.0337. The van der Waals surface area contributed by atoms with E-state index in [-0.39, 0.29) is 62.4 Å². The lowest BCUT2D eigenvalue weighted by atomic mass is 9.86. The highest BCUT2D eigenvalue weighted by Gasteiger charge is 2.29. The van der Waals surface area contributed by atoms with Gasteiger partial charge in [-0.15, -0.1) is 0 Å². The van der Waals surface area contributed by atoms with Crippen LogP contribution >= 0.6 is 0 Å². The number of nitrogens with zero attached hydrogens (tertiary/aromatic N) is 7. The summed E-state index contributed by atoms with van der Waals surface area (Å²) in [6.07, 6.45) is 11.2. The molecule has 0 atom stereocenters. The van der Waals surface area contributed by atoms with Gasteiger partial charge in [-0.05, 0) is 194 Å². The van der Waals surface area contributed by atoms with Crippen LogP contribution < -0.4 is 5.32 Å². The summed E-state index contributed by atoms with van der Waals surface area (Å²) >= 11 is 0. The minimum Gasteiger partial charge on any atom is -0.352 e. The van der Waals surface area contributed by atoms with Crippen LogP contribution in [0.5, 0.6) is 0 Å². The second-order valence-electron chi connectivity index (χ2n) is 33.3. The summed E-state index contributed by atoms with van der Waals surface area (Å²) in [7, 11) is -3.17. The van der Waals surface area contributed by atoms with E-state index in [1.807, 2.05) is 94.7 Å². The maximum Gasteiger partial charge on any atom is 0.253 e. The Labute approximate surface area is 622 Å². The summed E-state index contributed by atoms with van der Waals surface area (Å²) in [6.45, 7) is 52.0. The molecule has 1 N–H and O–H groups in total. The van der Waals surface area contributed by atoms with Crippen LogP contribution in [0.15, 0.2) is 121 Å². The molecule has 0 spiro atoms. The average Bonchev–Trinajstić information content (AvgIpc) is 0.848. The van der Waals surface area contributed by atoms with Crippen LogP contribution in [0.4, 0.5) is 0 Å². The number of nitrogens with one attached hydrogen (secondary N) is 1. The lowest BCUT2D eigenvalue weighted by molar-refractivity contribution is -0.130. The number of hydrogen-bond donors (Lipinski definition) is 1. The molecule has 17 heteroatoms. The number of Topliss-reactive ketones (excluding diaryl/α,β-unsaturated/α-hetero) is 1. The highest BCUT2D eigenvalue weighted by atomic mass is 32.2. The van der Waals surface area contributed by atoms with Crippen LogP contribution in [0.1, 0.15) is 262 Å². The van der Waals surface area contributed by atoms with E-state index >= 15 is 0 Å². The number of rotatable bonds is 17. The molecule has 16 nitrogen and oxygen atoms in total. The van der Waals surface area contributed by atoms with Gasteiger partial charge in [0, 0.05) is 113 Å². The molecule has 4 heterocycles. The highest BCUT2D eigenvalue weighted by molar-refractivity contribution is 7.88. The fraction of sp³-hybridized carbons (Fsp3) is 0.581. The lowest BCUT2D eigenvalue weighted by Gasteiger charge is -2.34. The Bertz CT molecular complexity index is 3470. The van der Waals surface area contributed by atoms with E-state index in [0.717, 1.165) is 100 Å². The number of ketones is 1. The predicted molar refractivity (Wildman–Crippen MR) is 425 cm³/mol. The number of carbonyl (C=O) groups is 6. The fourth-order valence-electron chi connectivity index (χ4n) is 12.6. The van der Waals surface area contributed by atoms with Crippen molar-refractivity contribution >= 4 is 45.3 Å². The van der Waals surface area contributed by atoms with Crippen LogP contribution in [0, 0.1) is 0 Å². The van der Waals surface area contributed by atoms with Gasteiger partial charge in [0.05, 0.1) is 6.26 Å². The molecule has 4 saturated heterocycles. The standard InChI is InChI=1S/C19H31NO.C18H28N2O.C17H24N2O2.C16H24N2O3S.C16H23NO/c1-6-20(7-2)15-9-8-10-18(21)16-11-13-17(14-12-16)19(3,4)5;1-18(2,3)16-9-7-15(8-10-16)17(21)19-11-6-14-20-12-4-5-13-20;1-13(20)18-9-11-19(12-10-18)16(21)14-5-7-15(8-6-14)17(2,3)4;1-16(2,3)14-7-5-13(6-8-14)15(19)17-9-11-18(12-10-17)22(4,20)21;1-16(2,3)14-9-7-13(8-10-14)15(18)17-11-5-4-6-12-17/h11-14H,6-10,15H2,1-5H3;7-10H,4-6,11-14H2,1-3H3,(H,19,21);5-8H,9-12H2,1-4H3;5-8H,9-12H2,1-4H3;7-10H,4-6,11-12H2,1-3H3. The van der Waals surface area contributed by atoms with E-state index in [9.17, 15) is 37.2 Å². The molecule has 5 aromatic carbocycles. The molecule has 103 heavy (non-hydrogen) atoms. The van der Waals surface area contributed by atoms with Gasteiger partial charge in [-0.25, -0.2) is 8.42 Å². The molecule has 568 valence electrons. The normalized spacial score (nSPS) is 15.7. The third kappa shape index (κ3) is 29.1. The lowest BCUT2D eigenvalue weighted by Crippen LogP contribution is -2.50. The van der Waals surface area contributed by atoms with Crippen molar-refractivity contribution in [2.24, 2.45) is 0 Å². The summed E-state index contributed by atoms with van der Waals surface area (Å²) in [6, 6.07) is 39.7. The number of piperidine rings is 1. The van der Waals surface area contributed by atoms with E-state index in [4.69, 9.17) is 0 Å². The predicted octanol–water partition coefficient (Wildman–Crippen LogP) is 15.5. The number of unbranched alkanes of at least 4 members (excludes halogenated alkanes) is 1. The third-order valence-electron chi connectivity index (χ3n) is 19.9. The summed E-state index contributed by atoms with van der Waals surface area (Å²) in [5.41, 5.74) is 10.6. The molecule has 4 fully saturated rings. The third-order valence-corrected chi connectivity index (χ3v) is 21.2. The zero-order chi connectivity index (χ0) is 76.5. The molecule has 0 aromatic heterocycles. The smallest absolute Gasteiger partial charge is 0.253 e. The van der Waals surface area contributed by atoms with Gasteiger partial charge in [0.25, 0.3) is 23.6 Å². The SMILES string of the molecule is CC(=O)N1CCN(C(=O)c2ccc(C(C)(C)C)cc2)CC1.CC(C)(C)c1ccc(C(=O)N2CCCCC2)cc1.CC(C)(C)c1ccc(C(=O)N2CCN(S(C)(=O)=O)CC2)cc1.CC(C)(C)c1ccc(C(=O)NCCCN2CCCC2)cc1.CCN(CC)CCCCC(=O)c1ccc(C(C)(C)C)cc1. The summed E-state index contributed by atoms with van der Waals surface area (Å²) < 4.78 is 24.4. The molecule has 5 aromatic rings. The Hall–Kier alpha value is -7.05. The first-order chi connectivity index (χ1) is 48.2. The van der Waals surface area contributed by atoms with Gasteiger partial charge >= 0.3 is 0 Å². The van der Waals surface area contributed by atoms with Gasteiger partial charge in [0.15, 0.2) is 5.78 Å². The molecule has 4 aliphatic rings. The molecule has 9 rings (SSSR count). The second kappa shape index (κ2) is 39.9. The van der Waals surface area contributed by atoms with E-state index in [0.29, 0.717) is 64.3 Å². The highest BCUT2D eigenvalue weighted by Crippen LogP contribution is 2.28. The topological polar surface area (TPSA) is 171 Å². The average molecular weight is 1440 g/mol. The molecule has 0 aliphatic carbocycles. The number of amides is 5. The van der Waals surface area contributed by atoms with Crippen LogP contribution in [-0.2, 0) is 41.9 Å². The molecule has 0 radical (unpaired) electrons. The monoisotopic (exact) mass is 1430 g/mol. The molecule has 0 unspecified atom stereocenters. The van der Waals surface area contributed by atoms with Crippen LogP contribution in [0.3, 0.4) is 0 Å². The number of likely N-dealkylation sites (tertiary alicyclic amines) is 2. The number of carbonyl (C=O) groups excluding carboxylic acids is 6. The Kier molecular flexibility index (Phi) is 33.5. The largest absolute Gasteiger partial charge is 0.352 e. The van der Waals surface area contributed by atoms with E-state index in [1.54, 1.807) is 16.7 Å². The van der Waals surface area contributed by atoms with Gasteiger partial charge in [-0.3, -0.25) is 28.8 Å². The fourth-order valence-corrected chi connectivity index (χ4v) is 13.5. The number of piperazine rings is 2. The summed E-state index contributed by atoms with van der Waals surface area (Å²) in [5.74, 6) is 0.603. The maximum absolute atomic E-state index is 12.5. The van der Waals surface area contributed by atoms with Crippen molar-refractivity contribution in [3.63, 3.8) is 0 Å². The van der Waals surface area contributed by atoms with Gasteiger partial charge in [0.1, 0.15) is 0 Å². The quantitative estimate of drug-likeness (QED) is 0.0698. The minimum atomic E-state index is -3.17. The van der Waals surface area contributed by atoms with Crippen LogP contribution in [-0.4, -0.2) is 195 Å². The van der Waals surface area contributed by atoms with Crippen LogP contribution in [0.25, 0.3) is 0 Å². The van der Waals surface area contributed by atoms with Crippen molar-refractivity contribution in [1.29, 1.82) is 0 Å². The maximum atomic E-state index is 12.5. The molecular formula is C86H130N8O8S. The van der Waals surface area contributed by atoms with Crippen molar-refractivity contribution in [1.82, 2.24) is 39.0 Å². The summed E-state index contributed by atoms with van der Waals surface area (Å²) in [4.78, 5) is 85.0. The molecule has 0 saturated carbocycles. The second-order valence-corrected chi connectivity index (χ2v) is 35.3. The number of benzene rings is 5. The van der Waals surface area contributed by atoms with Crippen molar-refractivity contribution < 1.29 is 37.2 Å². The molecule has 5 amide bonds. The molecular weight excluding hydrogens is 1310 g/mol. The number of sulfonamides is 1. The molecule has 0 bridgehead atoms. The first kappa shape index (κ1) is 86.6. The number of hydrogen-bond acceptors (Lipinski definition) is 10. The van der Waals surface area contributed by atoms with Gasteiger partial charge < -0.3 is 34.7 Å². The van der Waals surface area contributed by atoms with Crippen molar-refractivity contribution in [3.8, 4) is 0 Å². The Morgan fingerprint density at radius 2 is 0.699 bits per heavy atom. The van der Waals surface area contributed by atoms with E-state index < -0.39 is 10.0 Å². The first-order valence-corrected chi connectivity index (χ1v) is 39.9. The van der Waals surface area contributed by atoms with E-state index in [1.165, 1.54) is 70.7 Å². The molecule has 4 aliphatic heterocycles. The Morgan fingerprint density at radius 3 is 1.03 bits per heavy atom. The Morgan fingerprint density at radius 1 is 0.388 bits per heavy atom. The zero-order valence-corrected chi connectivity index (χ0v) is 67.6. The van der Waals surface area contributed by atoms with E-state index in [2.05, 4.69) is 169 Å². The van der Waals surface area contributed by atoms with Crippen molar-refractivity contribution in [3.05, 3.63) is 177 Å². The van der Waals surface area contributed by atoms with Gasteiger partial charge in [-0.2, -0.15) is 4.31 Å². The van der Waals surface area contributed by atoms with Gasteiger partial charge in [0.2, 0.25) is 15.9 Å². The van der Waals surface area contributed by atoms with Crippen molar-refractivity contribution in [2.75, 3.05) is 118 Å². The first-order valence-electron chi connectivity index (χ1n) is 38.1. The zero-order valence-electron chi connectivity index (χ0n) is 66.7. The van der Waals surface area contributed by atoms with Gasteiger partial charge in [-0.1, -0.05) is 190 Å². The summed E-state index contributed by atoms with van der Waals surface area (Å²) in [5, 5.41) is 3.02. The van der Waals surface area contributed by atoms with Crippen molar-refractivity contribution in [2.45, 2.75) is 209 Å². The Balaban J connectivity index is 0.000000232. The van der Waals surface area contributed by atoms with Crippen LogP contribution in [0.2, 0.25) is 0 Å².